The van der Waals surface area contributed by atoms with Crippen LogP contribution in [-0.4, -0.2) is 61.6 Å². The Kier molecular flexibility index (Phi) is 8.75. The van der Waals surface area contributed by atoms with Gasteiger partial charge in [-0.25, -0.2) is 0 Å². The van der Waals surface area contributed by atoms with E-state index >= 15 is 0 Å². The fraction of sp³-hybridized carbons (Fsp3) is 0.619. The molecule has 0 spiro atoms. The molecule has 27 heavy (non-hydrogen) atoms. The molecule has 0 aliphatic carbocycles. The molecule has 2 unspecified atom stereocenters. The van der Waals surface area contributed by atoms with Crippen molar-refractivity contribution in [1.82, 2.24) is 15.5 Å². The number of morpholine rings is 1. The first-order valence-corrected chi connectivity index (χ1v) is 9.90. The fourth-order valence-corrected chi connectivity index (χ4v) is 3.38. The molecule has 2 atom stereocenters. The summed E-state index contributed by atoms with van der Waals surface area (Å²) in [6.45, 7) is 10.2. The second-order valence-electron chi connectivity index (χ2n) is 7.68. The molecule has 1 aliphatic rings. The number of nitrogens with one attached hydrogen (secondary N) is 2. The van der Waals surface area contributed by atoms with Gasteiger partial charge in [0, 0.05) is 43.7 Å². The molecular weight excluding hydrogens is 342 g/mol. The number of benzene rings is 1. The Balaban J connectivity index is 1.77. The van der Waals surface area contributed by atoms with Gasteiger partial charge in [0.25, 0.3) is 5.91 Å². The molecule has 6 nitrogen and oxygen atoms in total. The maximum absolute atomic E-state index is 12.3. The molecule has 1 heterocycles. The molecule has 1 aromatic carbocycles. The average Bonchev–Trinajstić information content (AvgIpc) is 2.66. The molecule has 0 radical (unpaired) electrons. The molecule has 0 bridgehead atoms. The lowest BCUT2D eigenvalue weighted by Gasteiger charge is -2.35. The molecule has 1 aromatic rings. The van der Waals surface area contributed by atoms with Crippen LogP contribution in [0.2, 0.25) is 0 Å². The normalized spacial score (nSPS) is 17.3. The van der Waals surface area contributed by atoms with Crippen molar-refractivity contribution >= 4 is 11.8 Å². The van der Waals surface area contributed by atoms with Crippen molar-refractivity contribution in [2.45, 2.75) is 45.7 Å². The lowest BCUT2D eigenvalue weighted by Crippen LogP contribution is -2.49. The van der Waals surface area contributed by atoms with Crippen molar-refractivity contribution in [2.24, 2.45) is 5.92 Å². The van der Waals surface area contributed by atoms with Crippen LogP contribution < -0.4 is 10.6 Å². The molecule has 1 saturated heterocycles. The molecule has 2 N–H and O–H groups in total. The minimum atomic E-state index is -0.218. The topological polar surface area (TPSA) is 70.7 Å². The van der Waals surface area contributed by atoms with E-state index in [0.29, 0.717) is 24.1 Å². The second-order valence-corrected chi connectivity index (χ2v) is 7.68. The van der Waals surface area contributed by atoms with Crippen LogP contribution in [-0.2, 0) is 9.53 Å². The number of ether oxygens (including phenoxy) is 1. The largest absolute Gasteiger partial charge is 0.379 e. The third kappa shape index (κ3) is 7.69. The first-order chi connectivity index (χ1) is 13.0. The molecule has 1 aliphatic heterocycles. The predicted molar refractivity (Wildman–Crippen MR) is 107 cm³/mol. The third-order valence-electron chi connectivity index (χ3n) is 4.75. The van der Waals surface area contributed by atoms with E-state index in [1.54, 1.807) is 12.1 Å². The van der Waals surface area contributed by atoms with Gasteiger partial charge in [-0.3, -0.25) is 14.5 Å². The van der Waals surface area contributed by atoms with Gasteiger partial charge in [-0.15, -0.1) is 0 Å². The highest BCUT2D eigenvalue weighted by atomic mass is 16.5. The zero-order chi connectivity index (χ0) is 19.6. The molecule has 2 rings (SSSR count). The zero-order valence-electron chi connectivity index (χ0n) is 16.7. The van der Waals surface area contributed by atoms with Gasteiger partial charge in [-0.05, 0) is 31.4 Å². The van der Waals surface area contributed by atoms with Gasteiger partial charge < -0.3 is 15.4 Å². The number of hydrogen-bond donors (Lipinski definition) is 2. The monoisotopic (exact) mass is 375 g/mol. The summed E-state index contributed by atoms with van der Waals surface area (Å²) in [6.07, 6.45) is 1.32. The van der Waals surface area contributed by atoms with Crippen LogP contribution in [0, 0.1) is 5.92 Å². The third-order valence-corrected chi connectivity index (χ3v) is 4.75. The summed E-state index contributed by atoms with van der Waals surface area (Å²) in [5.41, 5.74) is 0.606. The van der Waals surface area contributed by atoms with Crippen LogP contribution in [0.4, 0.5) is 0 Å². The number of nitrogens with zero attached hydrogens (tertiary/aromatic N) is 1. The maximum atomic E-state index is 12.3. The summed E-state index contributed by atoms with van der Waals surface area (Å²) in [5, 5.41) is 5.94. The average molecular weight is 376 g/mol. The number of amides is 2. The van der Waals surface area contributed by atoms with Crippen LogP contribution in [0.1, 0.15) is 44.0 Å². The van der Waals surface area contributed by atoms with Crippen molar-refractivity contribution in [3.05, 3.63) is 35.9 Å². The van der Waals surface area contributed by atoms with E-state index in [1.807, 2.05) is 25.1 Å². The Labute approximate surface area is 162 Å². The Hall–Kier alpha value is -1.92. The number of carbonyl (C=O) groups excluding carboxylic acids is 2. The highest BCUT2D eigenvalue weighted by Gasteiger charge is 2.23. The van der Waals surface area contributed by atoms with Gasteiger partial charge in [-0.2, -0.15) is 0 Å². The Bertz CT molecular complexity index is 586. The van der Waals surface area contributed by atoms with Crippen molar-refractivity contribution in [1.29, 1.82) is 0 Å². The molecule has 0 aromatic heterocycles. The van der Waals surface area contributed by atoms with E-state index in [0.717, 1.165) is 32.7 Å². The van der Waals surface area contributed by atoms with E-state index in [9.17, 15) is 9.59 Å². The minimum absolute atomic E-state index is 0.0297. The summed E-state index contributed by atoms with van der Waals surface area (Å²) in [7, 11) is 0. The van der Waals surface area contributed by atoms with Crippen LogP contribution >= 0.6 is 0 Å². The Morgan fingerprint density at radius 1 is 1.11 bits per heavy atom. The van der Waals surface area contributed by atoms with Crippen LogP contribution in [0.15, 0.2) is 30.3 Å². The first-order valence-electron chi connectivity index (χ1n) is 9.90. The number of hydrogen-bond acceptors (Lipinski definition) is 4. The van der Waals surface area contributed by atoms with Crippen molar-refractivity contribution < 1.29 is 14.3 Å². The van der Waals surface area contributed by atoms with Crippen LogP contribution in [0.5, 0.6) is 0 Å². The highest BCUT2D eigenvalue weighted by molar-refractivity contribution is 5.94. The fourth-order valence-electron chi connectivity index (χ4n) is 3.38. The quantitative estimate of drug-likeness (QED) is 0.693. The smallest absolute Gasteiger partial charge is 0.251 e. The van der Waals surface area contributed by atoms with Gasteiger partial charge in [0.1, 0.15) is 0 Å². The van der Waals surface area contributed by atoms with Crippen molar-refractivity contribution in [3.8, 4) is 0 Å². The Morgan fingerprint density at radius 2 is 1.78 bits per heavy atom. The van der Waals surface area contributed by atoms with E-state index in [1.165, 1.54) is 0 Å². The summed E-state index contributed by atoms with van der Waals surface area (Å²) < 4.78 is 5.44. The summed E-state index contributed by atoms with van der Waals surface area (Å²) in [6, 6.07) is 9.16. The number of rotatable bonds is 9. The predicted octanol–water partition coefficient (Wildman–Crippen LogP) is 2.06. The standard InChI is InChI=1S/C21H33N3O3/c1-16(2)13-19(24-9-11-27-12-10-24)15-22-20(25)14-17(3)23-21(26)18-7-5-4-6-8-18/h4-8,16-17,19H,9-15H2,1-3H3,(H,22,25)(H,23,26). The zero-order valence-corrected chi connectivity index (χ0v) is 16.7. The van der Waals surface area contributed by atoms with Crippen molar-refractivity contribution in [3.63, 3.8) is 0 Å². The molecule has 150 valence electrons. The van der Waals surface area contributed by atoms with Gasteiger partial charge >= 0.3 is 0 Å². The first kappa shape index (κ1) is 21.4. The second kappa shape index (κ2) is 11.0. The van der Waals surface area contributed by atoms with Crippen LogP contribution in [0.3, 0.4) is 0 Å². The van der Waals surface area contributed by atoms with Gasteiger partial charge in [0.2, 0.25) is 5.91 Å². The molecular formula is C21H33N3O3. The van der Waals surface area contributed by atoms with Gasteiger partial charge in [0.05, 0.1) is 13.2 Å². The van der Waals surface area contributed by atoms with Gasteiger partial charge in [-0.1, -0.05) is 32.0 Å². The molecule has 1 fully saturated rings. The highest BCUT2D eigenvalue weighted by Crippen LogP contribution is 2.13. The number of carbonyl (C=O) groups is 2. The SMILES string of the molecule is CC(C)CC(CNC(=O)CC(C)NC(=O)c1ccccc1)N1CCOCC1. The van der Waals surface area contributed by atoms with E-state index in [-0.39, 0.29) is 24.3 Å². The van der Waals surface area contributed by atoms with E-state index < -0.39 is 0 Å². The Morgan fingerprint density at radius 3 is 2.41 bits per heavy atom. The molecule has 2 amide bonds. The van der Waals surface area contributed by atoms with E-state index in [2.05, 4.69) is 29.4 Å². The summed E-state index contributed by atoms with van der Waals surface area (Å²) in [5.74, 6) is 0.388. The lowest BCUT2D eigenvalue weighted by atomic mass is 10.0. The maximum Gasteiger partial charge on any atom is 0.251 e. The lowest BCUT2D eigenvalue weighted by molar-refractivity contribution is -0.121. The molecule has 0 saturated carbocycles. The van der Waals surface area contributed by atoms with E-state index in [4.69, 9.17) is 4.74 Å². The summed E-state index contributed by atoms with van der Waals surface area (Å²) in [4.78, 5) is 26.9. The molecule has 6 heteroatoms. The minimum Gasteiger partial charge on any atom is -0.379 e. The van der Waals surface area contributed by atoms with Gasteiger partial charge in [0.15, 0.2) is 0 Å². The van der Waals surface area contributed by atoms with Crippen LogP contribution in [0.25, 0.3) is 0 Å². The van der Waals surface area contributed by atoms with Crippen molar-refractivity contribution in [2.75, 3.05) is 32.8 Å². The summed E-state index contributed by atoms with van der Waals surface area (Å²) >= 11 is 0.